The third-order valence-electron chi connectivity index (χ3n) is 3.90. The van der Waals surface area contributed by atoms with Gasteiger partial charge in [-0.1, -0.05) is 0 Å². The van der Waals surface area contributed by atoms with Crippen molar-refractivity contribution in [1.29, 1.82) is 0 Å². The van der Waals surface area contributed by atoms with Crippen LogP contribution in [-0.4, -0.2) is 32.8 Å². The average Bonchev–Trinajstić information content (AvgIpc) is 2.89. The van der Waals surface area contributed by atoms with Crippen LogP contribution in [-0.2, 0) is 0 Å². The Morgan fingerprint density at radius 2 is 1.95 bits per heavy atom. The van der Waals surface area contributed by atoms with Crippen molar-refractivity contribution in [3.8, 4) is 0 Å². The molecule has 0 unspecified atom stereocenters. The fourth-order valence-electron chi connectivity index (χ4n) is 2.51. The van der Waals surface area contributed by atoms with Crippen molar-refractivity contribution in [2.45, 2.75) is 32.7 Å². The summed E-state index contributed by atoms with van der Waals surface area (Å²) in [7, 11) is 0. The van der Waals surface area contributed by atoms with Crippen molar-refractivity contribution in [1.82, 2.24) is 19.7 Å². The van der Waals surface area contributed by atoms with Crippen LogP contribution in [0.5, 0.6) is 0 Å². The highest BCUT2D eigenvalue weighted by Crippen LogP contribution is 2.25. The summed E-state index contributed by atoms with van der Waals surface area (Å²) >= 11 is 3.45. The van der Waals surface area contributed by atoms with E-state index in [0.717, 1.165) is 47.6 Å². The normalized spacial score (nSPS) is 16.6. The van der Waals surface area contributed by atoms with Crippen LogP contribution in [0.25, 0.3) is 0 Å². The lowest BCUT2D eigenvalue weighted by Gasteiger charge is -2.32. The highest BCUT2D eigenvalue weighted by atomic mass is 79.9. The molecule has 0 aromatic carbocycles. The third kappa shape index (κ3) is 2.70. The second-order valence-corrected chi connectivity index (χ2v) is 6.21. The molecule has 1 saturated heterocycles. The lowest BCUT2D eigenvalue weighted by atomic mass is 10.1. The Morgan fingerprint density at radius 1 is 1.20 bits per heavy atom. The molecule has 1 aliphatic rings. The van der Waals surface area contributed by atoms with Crippen LogP contribution in [0.1, 0.15) is 30.1 Å². The van der Waals surface area contributed by atoms with Crippen molar-refractivity contribution in [3.63, 3.8) is 0 Å². The number of piperidine rings is 1. The first-order valence-electron chi connectivity index (χ1n) is 6.88. The Labute approximate surface area is 127 Å². The highest BCUT2D eigenvalue weighted by molar-refractivity contribution is 9.10. The van der Waals surface area contributed by atoms with E-state index in [9.17, 15) is 0 Å². The predicted molar refractivity (Wildman–Crippen MR) is 81.9 cm³/mol. The molecular weight excluding hydrogens is 318 g/mol. The van der Waals surface area contributed by atoms with E-state index in [2.05, 4.69) is 40.6 Å². The van der Waals surface area contributed by atoms with Gasteiger partial charge in [0.05, 0.1) is 16.7 Å². The van der Waals surface area contributed by atoms with Crippen molar-refractivity contribution in [2.75, 3.05) is 18.0 Å². The van der Waals surface area contributed by atoms with E-state index in [0.29, 0.717) is 6.04 Å². The number of rotatable bonds is 2. The van der Waals surface area contributed by atoms with Crippen LogP contribution >= 0.6 is 15.9 Å². The second-order valence-electron chi connectivity index (χ2n) is 5.30. The van der Waals surface area contributed by atoms with E-state index >= 15 is 0 Å². The summed E-state index contributed by atoms with van der Waals surface area (Å²) in [6.07, 6.45) is 7.95. The highest BCUT2D eigenvalue weighted by Gasteiger charge is 2.22. The number of hydrogen-bond acceptors (Lipinski definition) is 4. The van der Waals surface area contributed by atoms with Gasteiger partial charge in [0, 0.05) is 31.2 Å². The summed E-state index contributed by atoms with van der Waals surface area (Å²) in [5, 5.41) is 4.38. The van der Waals surface area contributed by atoms with Crippen molar-refractivity contribution in [2.24, 2.45) is 0 Å². The van der Waals surface area contributed by atoms with E-state index in [-0.39, 0.29) is 0 Å². The zero-order valence-electron chi connectivity index (χ0n) is 11.8. The van der Waals surface area contributed by atoms with Crippen LogP contribution < -0.4 is 4.90 Å². The first kappa shape index (κ1) is 13.5. The maximum atomic E-state index is 4.58. The molecule has 0 amide bonds. The molecule has 20 heavy (non-hydrogen) atoms. The minimum absolute atomic E-state index is 0.476. The molecule has 5 nitrogen and oxygen atoms in total. The summed E-state index contributed by atoms with van der Waals surface area (Å²) in [5.74, 6) is 0.855. The molecule has 106 valence electrons. The van der Waals surface area contributed by atoms with Crippen molar-refractivity contribution < 1.29 is 0 Å². The second kappa shape index (κ2) is 5.52. The van der Waals surface area contributed by atoms with Crippen LogP contribution in [0.2, 0.25) is 0 Å². The van der Waals surface area contributed by atoms with E-state index in [1.807, 2.05) is 32.4 Å². The molecule has 0 aliphatic carbocycles. The molecule has 1 fully saturated rings. The Balaban J connectivity index is 1.67. The monoisotopic (exact) mass is 335 g/mol. The van der Waals surface area contributed by atoms with Gasteiger partial charge >= 0.3 is 0 Å². The largest absolute Gasteiger partial charge is 0.341 e. The summed E-state index contributed by atoms with van der Waals surface area (Å²) in [5.41, 5.74) is 2.21. The molecule has 0 saturated carbocycles. The zero-order valence-corrected chi connectivity index (χ0v) is 13.3. The van der Waals surface area contributed by atoms with Gasteiger partial charge in [-0.25, -0.2) is 9.97 Å². The van der Waals surface area contributed by atoms with Gasteiger partial charge in [0.15, 0.2) is 0 Å². The lowest BCUT2D eigenvalue weighted by molar-refractivity contribution is 0.364. The molecule has 0 radical (unpaired) electrons. The molecule has 6 heteroatoms. The quantitative estimate of drug-likeness (QED) is 0.846. The van der Waals surface area contributed by atoms with Gasteiger partial charge in [0.1, 0.15) is 0 Å². The fraction of sp³-hybridized carbons (Fsp3) is 0.500. The van der Waals surface area contributed by atoms with E-state index in [1.165, 1.54) is 0 Å². The van der Waals surface area contributed by atoms with Gasteiger partial charge in [0.2, 0.25) is 5.95 Å². The van der Waals surface area contributed by atoms with Crippen LogP contribution in [0.15, 0.2) is 23.1 Å². The molecule has 0 bridgehead atoms. The minimum Gasteiger partial charge on any atom is -0.341 e. The number of anilines is 1. The molecular formula is C14H18BrN5. The molecule has 1 aliphatic heterocycles. The molecule has 3 heterocycles. The number of nitrogens with zero attached hydrogens (tertiary/aromatic N) is 5. The lowest BCUT2D eigenvalue weighted by Crippen LogP contribution is -2.36. The average molecular weight is 336 g/mol. The van der Waals surface area contributed by atoms with Gasteiger partial charge in [-0.3, -0.25) is 4.68 Å². The fourth-order valence-corrected chi connectivity index (χ4v) is 2.81. The smallest absolute Gasteiger partial charge is 0.225 e. The first-order chi connectivity index (χ1) is 9.63. The first-order valence-corrected chi connectivity index (χ1v) is 7.67. The van der Waals surface area contributed by atoms with Crippen LogP contribution in [0, 0.1) is 13.8 Å². The van der Waals surface area contributed by atoms with E-state index in [1.54, 1.807) is 0 Å². The van der Waals surface area contributed by atoms with E-state index in [4.69, 9.17) is 0 Å². The number of aryl methyl sites for hydroxylation is 2. The Morgan fingerprint density at radius 3 is 2.55 bits per heavy atom. The Bertz CT molecular complexity index is 601. The summed E-state index contributed by atoms with van der Waals surface area (Å²) < 4.78 is 3.10. The van der Waals surface area contributed by atoms with Crippen LogP contribution in [0.4, 0.5) is 5.95 Å². The van der Waals surface area contributed by atoms with Crippen LogP contribution in [0.3, 0.4) is 0 Å². The molecule has 3 rings (SSSR count). The number of aromatic nitrogens is 4. The van der Waals surface area contributed by atoms with Gasteiger partial charge in [-0.2, -0.15) is 5.10 Å². The van der Waals surface area contributed by atoms with Gasteiger partial charge < -0.3 is 4.90 Å². The molecule has 0 N–H and O–H groups in total. The van der Waals surface area contributed by atoms with Gasteiger partial charge in [-0.15, -0.1) is 0 Å². The molecule has 2 aromatic heterocycles. The maximum Gasteiger partial charge on any atom is 0.225 e. The third-order valence-corrected chi connectivity index (χ3v) is 4.31. The molecule has 2 aromatic rings. The topological polar surface area (TPSA) is 46.8 Å². The van der Waals surface area contributed by atoms with Crippen molar-refractivity contribution >= 4 is 21.9 Å². The maximum absolute atomic E-state index is 4.58. The summed E-state index contributed by atoms with van der Waals surface area (Å²) in [4.78, 5) is 11.3. The Kier molecular flexibility index (Phi) is 3.74. The zero-order chi connectivity index (χ0) is 14.1. The summed E-state index contributed by atoms with van der Waals surface area (Å²) in [6.45, 7) is 6.03. The SMILES string of the molecule is Cc1cnc(N2CCC(n3cc(Br)cn3)CC2)nc1C. The van der Waals surface area contributed by atoms with E-state index < -0.39 is 0 Å². The van der Waals surface area contributed by atoms with Gasteiger partial charge in [0.25, 0.3) is 0 Å². The minimum atomic E-state index is 0.476. The predicted octanol–water partition coefficient (Wildman–Crippen LogP) is 2.89. The molecule has 0 atom stereocenters. The summed E-state index contributed by atoms with van der Waals surface area (Å²) in [6, 6.07) is 0.476. The number of hydrogen-bond donors (Lipinski definition) is 0. The Hall–Kier alpha value is -1.43. The number of halogens is 1. The van der Waals surface area contributed by atoms with Gasteiger partial charge in [-0.05, 0) is 48.2 Å². The molecule has 0 spiro atoms. The van der Waals surface area contributed by atoms with Crippen molar-refractivity contribution in [3.05, 3.63) is 34.3 Å². The standard InChI is InChI=1S/C14H18BrN5/c1-10-7-16-14(18-11(10)2)19-5-3-13(4-6-19)20-9-12(15)8-17-20/h7-9,13H,3-6H2,1-2H3.